The summed E-state index contributed by atoms with van der Waals surface area (Å²) in [5, 5.41) is 7.14. The first-order valence-corrected chi connectivity index (χ1v) is 4.06. The van der Waals surface area contributed by atoms with E-state index in [1.54, 1.807) is 0 Å². The molecule has 0 aliphatic heterocycles. The van der Waals surface area contributed by atoms with Crippen molar-refractivity contribution in [1.29, 1.82) is 0 Å². The van der Waals surface area contributed by atoms with Gasteiger partial charge < -0.3 is 4.52 Å². The van der Waals surface area contributed by atoms with Crippen LogP contribution in [0.3, 0.4) is 0 Å². The van der Waals surface area contributed by atoms with Crippen LogP contribution in [-0.2, 0) is 6.54 Å². The third-order valence-corrected chi connectivity index (χ3v) is 1.67. The van der Waals surface area contributed by atoms with Gasteiger partial charge in [0.05, 0.1) is 6.20 Å². The number of hydrogen-bond donors (Lipinski definition) is 0. The molecule has 0 fully saturated rings. The Balaban J connectivity index is 2.18. The lowest BCUT2D eigenvalue weighted by atomic mass is 10.3. The molecule has 0 aliphatic rings. The lowest BCUT2D eigenvalue weighted by Gasteiger charge is -2.04. The second kappa shape index (κ2) is 3.41. The van der Waals surface area contributed by atoms with Crippen LogP contribution in [0.5, 0.6) is 0 Å². The van der Waals surface area contributed by atoms with Crippen LogP contribution >= 0.6 is 0 Å². The molecule has 2 aromatic heterocycles. The second-order valence-electron chi connectivity index (χ2n) is 2.89. The summed E-state index contributed by atoms with van der Waals surface area (Å²) in [7, 11) is 0. The Morgan fingerprint density at radius 3 is 2.73 bits per heavy atom. The molecule has 0 spiro atoms. The van der Waals surface area contributed by atoms with E-state index in [1.807, 2.05) is 0 Å². The summed E-state index contributed by atoms with van der Waals surface area (Å²) in [5.74, 6) is 0.343. The average molecular weight is 217 g/mol. The van der Waals surface area contributed by atoms with E-state index in [4.69, 9.17) is 4.52 Å². The molecule has 0 bridgehead atoms. The van der Waals surface area contributed by atoms with E-state index < -0.39 is 12.7 Å². The molecule has 0 N–H and O–H groups in total. The Morgan fingerprint density at radius 1 is 1.33 bits per heavy atom. The first kappa shape index (κ1) is 9.75. The van der Waals surface area contributed by atoms with Crippen molar-refractivity contribution in [2.45, 2.75) is 12.7 Å². The molecule has 0 radical (unpaired) electrons. The summed E-state index contributed by atoms with van der Waals surface area (Å²) in [6.07, 6.45) is -1.63. The first-order valence-electron chi connectivity index (χ1n) is 4.06. The van der Waals surface area contributed by atoms with E-state index >= 15 is 0 Å². The molecule has 2 aromatic rings. The van der Waals surface area contributed by atoms with Crippen LogP contribution in [0.1, 0.15) is 0 Å². The summed E-state index contributed by atoms with van der Waals surface area (Å²) >= 11 is 0. The maximum absolute atomic E-state index is 12.0. The smallest absolute Gasteiger partial charge is 0.355 e. The van der Waals surface area contributed by atoms with Gasteiger partial charge in [0.25, 0.3) is 0 Å². The van der Waals surface area contributed by atoms with Crippen LogP contribution in [0, 0.1) is 0 Å². The number of alkyl halides is 3. The fourth-order valence-electron chi connectivity index (χ4n) is 1.11. The fourth-order valence-corrected chi connectivity index (χ4v) is 1.11. The molecule has 7 heteroatoms. The van der Waals surface area contributed by atoms with Crippen LogP contribution in [0.4, 0.5) is 13.2 Å². The van der Waals surface area contributed by atoms with Crippen LogP contribution in [-0.4, -0.2) is 21.1 Å². The Bertz CT molecular complexity index is 432. The van der Waals surface area contributed by atoms with Crippen molar-refractivity contribution in [3.05, 3.63) is 24.5 Å². The Kier molecular flexibility index (Phi) is 2.22. The molecule has 0 aliphatic carbocycles. The predicted octanol–water partition coefficient (Wildman–Crippen LogP) is 2.10. The highest BCUT2D eigenvalue weighted by molar-refractivity contribution is 5.49. The van der Waals surface area contributed by atoms with Gasteiger partial charge in [-0.05, 0) is 6.07 Å². The number of rotatable bonds is 2. The molecule has 0 saturated heterocycles. The molecule has 80 valence electrons. The zero-order valence-electron chi connectivity index (χ0n) is 7.40. The quantitative estimate of drug-likeness (QED) is 0.773. The third kappa shape index (κ3) is 2.36. The van der Waals surface area contributed by atoms with Gasteiger partial charge in [0, 0.05) is 12.3 Å². The number of nitrogens with zero attached hydrogens (tertiary/aromatic N) is 3. The van der Waals surface area contributed by atoms with E-state index in [-0.39, 0.29) is 0 Å². The minimum absolute atomic E-state index is 0.330. The maximum atomic E-state index is 12.0. The lowest BCUT2D eigenvalue weighted by molar-refractivity contribution is -0.142. The maximum Gasteiger partial charge on any atom is 0.408 e. The highest BCUT2D eigenvalue weighted by atomic mass is 19.4. The monoisotopic (exact) mass is 217 g/mol. The minimum atomic E-state index is -4.27. The first-order chi connectivity index (χ1) is 7.04. The molecule has 2 rings (SSSR count). The van der Waals surface area contributed by atoms with Crippen LogP contribution in [0.25, 0.3) is 11.5 Å². The highest BCUT2D eigenvalue weighted by Gasteiger charge is 2.28. The molecular formula is C8H6F3N3O. The Labute approximate surface area is 82.3 Å². The molecular weight excluding hydrogens is 211 g/mol. The van der Waals surface area contributed by atoms with Crippen molar-refractivity contribution in [3.8, 4) is 11.5 Å². The molecule has 0 amide bonds. The molecule has 2 heterocycles. The highest BCUT2D eigenvalue weighted by Crippen LogP contribution is 2.19. The molecule has 0 unspecified atom stereocenters. The van der Waals surface area contributed by atoms with Crippen molar-refractivity contribution in [2.24, 2.45) is 0 Å². The van der Waals surface area contributed by atoms with Gasteiger partial charge in [0.2, 0.25) is 0 Å². The minimum Gasteiger partial charge on any atom is -0.355 e. The van der Waals surface area contributed by atoms with Crippen LogP contribution in [0.15, 0.2) is 29.0 Å². The average Bonchev–Trinajstić information content (AvgIpc) is 2.68. The Hall–Kier alpha value is -1.79. The molecule has 15 heavy (non-hydrogen) atoms. The number of halogens is 3. The van der Waals surface area contributed by atoms with Gasteiger partial charge in [-0.15, -0.1) is 0 Å². The van der Waals surface area contributed by atoms with E-state index in [9.17, 15) is 13.2 Å². The number of aromatic nitrogens is 3. The van der Waals surface area contributed by atoms with Gasteiger partial charge in [-0.25, -0.2) is 0 Å². The van der Waals surface area contributed by atoms with Gasteiger partial charge in [0.1, 0.15) is 12.2 Å². The standard InChI is InChI=1S/C8H6F3N3O/c9-8(10,11)5-14-4-2-6(13-14)7-1-3-12-15-7/h1-4H,5H2. The van der Waals surface area contributed by atoms with Crippen molar-refractivity contribution in [2.75, 3.05) is 0 Å². The summed E-state index contributed by atoms with van der Waals surface area (Å²) in [6.45, 7) is -1.11. The summed E-state index contributed by atoms with van der Waals surface area (Å²) < 4.78 is 41.5. The molecule has 4 nitrogen and oxygen atoms in total. The third-order valence-electron chi connectivity index (χ3n) is 1.67. The topological polar surface area (TPSA) is 43.9 Å². The Morgan fingerprint density at radius 2 is 2.13 bits per heavy atom. The van der Waals surface area contributed by atoms with Gasteiger partial charge >= 0.3 is 6.18 Å². The fraction of sp³-hybridized carbons (Fsp3) is 0.250. The van der Waals surface area contributed by atoms with Gasteiger partial charge in [0.15, 0.2) is 5.76 Å². The molecule has 0 aromatic carbocycles. The predicted molar refractivity (Wildman–Crippen MR) is 43.8 cm³/mol. The van der Waals surface area contributed by atoms with E-state index in [0.29, 0.717) is 11.5 Å². The zero-order chi connectivity index (χ0) is 10.9. The molecule has 0 saturated carbocycles. The van der Waals surface area contributed by atoms with Gasteiger partial charge in [-0.1, -0.05) is 5.16 Å². The van der Waals surface area contributed by atoms with E-state index in [2.05, 4.69) is 10.3 Å². The summed E-state index contributed by atoms with van der Waals surface area (Å²) in [4.78, 5) is 0. The van der Waals surface area contributed by atoms with Crippen molar-refractivity contribution >= 4 is 0 Å². The van der Waals surface area contributed by atoms with Crippen LogP contribution in [0.2, 0.25) is 0 Å². The summed E-state index contributed by atoms with van der Waals surface area (Å²) in [6, 6.07) is 2.96. The summed E-state index contributed by atoms with van der Waals surface area (Å²) in [5.41, 5.74) is 0.330. The van der Waals surface area contributed by atoms with Gasteiger partial charge in [-0.3, -0.25) is 4.68 Å². The van der Waals surface area contributed by atoms with Gasteiger partial charge in [-0.2, -0.15) is 18.3 Å². The van der Waals surface area contributed by atoms with Crippen molar-refractivity contribution < 1.29 is 17.7 Å². The molecule has 0 atom stereocenters. The van der Waals surface area contributed by atoms with Crippen molar-refractivity contribution in [1.82, 2.24) is 14.9 Å². The number of hydrogen-bond acceptors (Lipinski definition) is 3. The van der Waals surface area contributed by atoms with E-state index in [1.165, 1.54) is 24.5 Å². The zero-order valence-corrected chi connectivity index (χ0v) is 7.40. The SMILES string of the molecule is FC(F)(F)Cn1ccc(-c2ccno2)n1. The van der Waals surface area contributed by atoms with Crippen molar-refractivity contribution in [3.63, 3.8) is 0 Å². The van der Waals surface area contributed by atoms with Crippen LogP contribution < -0.4 is 0 Å². The lowest BCUT2D eigenvalue weighted by Crippen LogP contribution is -2.17. The second-order valence-corrected chi connectivity index (χ2v) is 2.89. The van der Waals surface area contributed by atoms with E-state index in [0.717, 1.165) is 4.68 Å². The normalized spacial score (nSPS) is 11.9. The largest absolute Gasteiger partial charge is 0.408 e.